The van der Waals surface area contributed by atoms with E-state index in [1.54, 1.807) is 26.0 Å². The molecule has 4 aromatic rings. The van der Waals surface area contributed by atoms with Gasteiger partial charge >= 0.3 is 33.4 Å². The molecule has 2 aromatic carbocycles. The number of halogens is 6. The van der Waals surface area contributed by atoms with E-state index in [1.165, 1.54) is 12.7 Å². The molecule has 4 rings (SSSR count). The fraction of sp³-hybridized carbons (Fsp3) is 0.308. The van der Waals surface area contributed by atoms with E-state index in [1.807, 2.05) is 38.1 Å². The largest absolute Gasteiger partial charge is 2.00 e. The van der Waals surface area contributed by atoms with Gasteiger partial charge in [-0.05, 0) is 13.8 Å². The molecule has 0 saturated carbocycles. The summed E-state index contributed by atoms with van der Waals surface area (Å²) in [7, 11) is 0. The van der Waals surface area contributed by atoms with Crippen LogP contribution in [0.25, 0.3) is 22.5 Å². The van der Waals surface area contributed by atoms with Crippen LogP contribution in [0.15, 0.2) is 49.1 Å². The monoisotopic (exact) mass is 701 g/mol. The van der Waals surface area contributed by atoms with Crippen molar-refractivity contribution < 1.29 is 47.4 Å². The van der Waals surface area contributed by atoms with Crippen molar-refractivity contribution in [2.45, 2.75) is 53.1 Å². The molecule has 0 spiro atoms. The van der Waals surface area contributed by atoms with Gasteiger partial charge in [-0.3, -0.25) is 9.97 Å². The van der Waals surface area contributed by atoms with E-state index in [0.717, 1.165) is 31.4 Å². The normalized spacial score (nSPS) is 11.5. The number of rotatable bonds is 4. The molecule has 37 heavy (non-hydrogen) atoms. The number of benzene rings is 2. The number of alkyl halides is 6. The SMILES string of the molecule is Cc1ccc[c-]c1-c1ncn(CC(F)(F)F)c1C.Cc1ccc[c-]c1-c1ncn(CC(F)(F)F)c1C.[Pt+2]. The summed E-state index contributed by atoms with van der Waals surface area (Å²) in [4.78, 5) is 8.13. The van der Waals surface area contributed by atoms with Gasteiger partial charge < -0.3 is 9.13 Å². The fourth-order valence-electron chi connectivity index (χ4n) is 3.64. The quantitative estimate of drug-likeness (QED) is 0.169. The second-order valence-electron chi connectivity index (χ2n) is 8.30. The summed E-state index contributed by atoms with van der Waals surface area (Å²) in [5.74, 6) is 0. The van der Waals surface area contributed by atoms with Crippen LogP contribution in [0.5, 0.6) is 0 Å². The second-order valence-corrected chi connectivity index (χ2v) is 8.30. The Morgan fingerprint density at radius 3 is 1.32 bits per heavy atom. The number of aryl methyl sites for hydroxylation is 2. The van der Waals surface area contributed by atoms with Crippen LogP contribution in [0.4, 0.5) is 26.3 Å². The second kappa shape index (κ2) is 12.1. The molecule has 4 nitrogen and oxygen atoms in total. The third-order valence-electron chi connectivity index (χ3n) is 5.50. The van der Waals surface area contributed by atoms with Gasteiger partial charge in [0.1, 0.15) is 13.1 Å². The van der Waals surface area contributed by atoms with Crippen LogP contribution >= 0.6 is 0 Å². The van der Waals surface area contributed by atoms with Crippen molar-refractivity contribution in [3.8, 4) is 22.5 Å². The van der Waals surface area contributed by atoms with E-state index in [2.05, 4.69) is 22.1 Å². The van der Waals surface area contributed by atoms with Crippen molar-refractivity contribution in [1.29, 1.82) is 0 Å². The Bertz CT molecular complexity index is 1220. The Kier molecular flexibility index (Phi) is 9.94. The van der Waals surface area contributed by atoms with E-state index in [4.69, 9.17) is 0 Å². The van der Waals surface area contributed by atoms with Gasteiger partial charge in [-0.25, -0.2) is 0 Å². The van der Waals surface area contributed by atoms with Crippen LogP contribution in [0.1, 0.15) is 22.5 Å². The Hall–Kier alpha value is -2.87. The first-order valence-corrected chi connectivity index (χ1v) is 10.9. The van der Waals surface area contributed by atoms with Gasteiger partial charge in [0.25, 0.3) is 0 Å². The molecule has 11 heteroatoms. The molecule has 0 unspecified atom stereocenters. The molecule has 0 amide bonds. The van der Waals surface area contributed by atoms with Crippen LogP contribution in [0.3, 0.4) is 0 Å². The maximum Gasteiger partial charge on any atom is 2.00 e. The average molecular weight is 702 g/mol. The van der Waals surface area contributed by atoms with Gasteiger partial charge in [0.05, 0.1) is 12.7 Å². The van der Waals surface area contributed by atoms with Gasteiger partial charge in [0.15, 0.2) is 0 Å². The van der Waals surface area contributed by atoms with Crippen molar-refractivity contribution >= 4 is 0 Å². The minimum absolute atomic E-state index is 0. The first kappa shape index (κ1) is 30.4. The van der Waals surface area contributed by atoms with Gasteiger partial charge in [0.2, 0.25) is 0 Å². The molecule has 0 saturated heterocycles. The molecule has 0 N–H and O–H groups in total. The number of hydrogen-bond acceptors (Lipinski definition) is 2. The number of nitrogens with zero attached hydrogens (tertiary/aromatic N) is 4. The van der Waals surface area contributed by atoms with Crippen LogP contribution < -0.4 is 0 Å². The number of aromatic nitrogens is 4. The number of hydrogen-bond donors (Lipinski definition) is 0. The van der Waals surface area contributed by atoms with Crippen LogP contribution in [0, 0.1) is 39.8 Å². The zero-order chi connectivity index (χ0) is 26.7. The van der Waals surface area contributed by atoms with E-state index in [9.17, 15) is 26.3 Å². The van der Waals surface area contributed by atoms with Crippen molar-refractivity contribution in [2.75, 3.05) is 0 Å². The van der Waals surface area contributed by atoms with Crippen LogP contribution in [-0.4, -0.2) is 31.5 Å². The molecule has 0 atom stereocenters. The summed E-state index contributed by atoms with van der Waals surface area (Å²) in [5.41, 5.74) is 5.48. The predicted molar refractivity (Wildman–Crippen MR) is 124 cm³/mol. The van der Waals surface area contributed by atoms with Gasteiger partial charge in [-0.2, -0.15) is 26.3 Å². The van der Waals surface area contributed by atoms with Crippen molar-refractivity contribution in [2.24, 2.45) is 0 Å². The molecule has 0 bridgehead atoms. The molecule has 0 radical (unpaired) electrons. The average Bonchev–Trinajstić information content (AvgIpc) is 3.30. The summed E-state index contributed by atoms with van der Waals surface area (Å²) in [6.45, 7) is 5.00. The van der Waals surface area contributed by atoms with E-state index in [-0.39, 0.29) is 21.1 Å². The Morgan fingerprint density at radius 2 is 1.03 bits per heavy atom. The molecule has 0 fully saturated rings. The minimum atomic E-state index is -4.24. The third kappa shape index (κ3) is 8.05. The molecular weight excluding hydrogens is 677 g/mol. The Balaban J connectivity index is 0.000000253. The molecule has 200 valence electrons. The first-order valence-electron chi connectivity index (χ1n) is 10.9. The maximum absolute atomic E-state index is 12.4. The standard InChI is InChI=1S/2C13H12F3N2.Pt/c2*1-9-5-3-4-6-11(9)12-10(2)18(8-17-12)7-13(14,15)16;/h2*3-5,8H,7H2,1-2H3;/q2*-1;+2. The van der Waals surface area contributed by atoms with Crippen molar-refractivity contribution in [3.05, 3.63) is 83.7 Å². The molecule has 0 aliphatic rings. The van der Waals surface area contributed by atoms with E-state index in [0.29, 0.717) is 22.8 Å². The van der Waals surface area contributed by atoms with E-state index >= 15 is 0 Å². The van der Waals surface area contributed by atoms with Gasteiger partial charge in [-0.15, -0.1) is 70.8 Å². The Morgan fingerprint density at radius 1 is 0.676 bits per heavy atom. The fourth-order valence-corrected chi connectivity index (χ4v) is 3.64. The van der Waals surface area contributed by atoms with Gasteiger partial charge in [0, 0.05) is 22.8 Å². The van der Waals surface area contributed by atoms with E-state index < -0.39 is 25.4 Å². The Labute approximate surface area is 225 Å². The van der Waals surface area contributed by atoms with Crippen molar-refractivity contribution in [3.63, 3.8) is 0 Å². The smallest absolute Gasteiger partial charge is 0.335 e. The maximum atomic E-state index is 12.4. The topological polar surface area (TPSA) is 35.6 Å². The summed E-state index contributed by atoms with van der Waals surface area (Å²) in [5, 5.41) is 0. The molecule has 0 aliphatic carbocycles. The number of imidazole rings is 2. The van der Waals surface area contributed by atoms with Gasteiger partial charge in [-0.1, -0.05) is 13.8 Å². The summed E-state index contributed by atoms with van der Waals surface area (Å²) in [6, 6.07) is 16.9. The molecule has 2 aromatic heterocycles. The zero-order valence-corrected chi connectivity index (χ0v) is 22.7. The summed E-state index contributed by atoms with van der Waals surface area (Å²) >= 11 is 0. The molecular formula is C26H24F6N4Pt. The van der Waals surface area contributed by atoms with Crippen LogP contribution in [0.2, 0.25) is 0 Å². The van der Waals surface area contributed by atoms with Crippen molar-refractivity contribution in [1.82, 2.24) is 19.1 Å². The van der Waals surface area contributed by atoms with Crippen LogP contribution in [-0.2, 0) is 34.2 Å². The summed E-state index contributed by atoms with van der Waals surface area (Å²) in [6.07, 6.45) is -6.03. The zero-order valence-electron chi connectivity index (χ0n) is 20.4. The predicted octanol–water partition coefficient (Wildman–Crippen LogP) is 7.06. The summed E-state index contributed by atoms with van der Waals surface area (Å²) < 4.78 is 76.3. The molecule has 0 aliphatic heterocycles. The minimum Gasteiger partial charge on any atom is -0.335 e. The molecule has 2 heterocycles. The first-order chi connectivity index (χ1) is 16.8. The third-order valence-corrected chi connectivity index (χ3v) is 5.50.